The SMILES string of the molecule is COC[C@@]12CN(C(=O)CCC(=O)Nc3ccccc3)C[C@@H]1C(C)(C)C2. The number of para-hydroxylation sites is 1. The number of likely N-dealkylation sites (tertiary alicyclic amines) is 1. The van der Waals surface area contributed by atoms with Crippen LogP contribution in [0.15, 0.2) is 30.3 Å². The smallest absolute Gasteiger partial charge is 0.224 e. The van der Waals surface area contributed by atoms with Crippen molar-refractivity contribution in [1.82, 2.24) is 4.90 Å². The van der Waals surface area contributed by atoms with E-state index in [1.54, 1.807) is 7.11 Å². The molecule has 2 atom stereocenters. The summed E-state index contributed by atoms with van der Waals surface area (Å²) in [5.41, 5.74) is 1.14. The van der Waals surface area contributed by atoms with Crippen molar-refractivity contribution in [2.24, 2.45) is 16.7 Å². The summed E-state index contributed by atoms with van der Waals surface area (Å²) < 4.78 is 5.43. The van der Waals surface area contributed by atoms with E-state index in [0.717, 1.165) is 25.2 Å². The highest BCUT2D eigenvalue weighted by molar-refractivity contribution is 5.93. The van der Waals surface area contributed by atoms with Crippen LogP contribution >= 0.6 is 0 Å². The highest BCUT2D eigenvalue weighted by Crippen LogP contribution is 2.62. The number of hydrogen-bond acceptors (Lipinski definition) is 3. The molecule has 136 valence electrons. The summed E-state index contributed by atoms with van der Waals surface area (Å²) in [5, 5.41) is 2.83. The molecule has 2 amide bonds. The van der Waals surface area contributed by atoms with E-state index in [0.29, 0.717) is 12.5 Å². The number of carbonyl (C=O) groups is 2. The Morgan fingerprint density at radius 2 is 1.96 bits per heavy atom. The second-order valence-electron chi connectivity index (χ2n) is 8.20. The number of carbonyl (C=O) groups excluding carboxylic acids is 2. The molecule has 1 aliphatic carbocycles. The predicted octanol–water partition coefficient (Wildman–Crippen LogP) is 2.93. The Morgan fingerprint density at radius 1 is 1.24 bits per heavy atom. The molecule has 0 unspecified atom stereocenters. The minimum Gasteiger partial charge on any atom is -0.384 e. The summed E-state index contributed by atoms with van der Waals surface area (Å²) in [6, 6.07) is 9.33. The fraction of sp³-hybridized carbons (Fsp3) is 0.600. The van der Waals surface area contributed by atoms with E-state index in [1.807, 2.05) is 35.2 Å². The third-order valence-electron chi connectivity index (χ3n) is 5.81. The lowest BCUT2D eigenvalue weighted by molar-refractivity contribution is -0.132. The highest BCUT2D eigenvalue weighted by atomic mass is 16.5. The summed E-state index contributed by atoms with van der Waals surface area (Å²) in [6.45, 7) is 6.79. The van der Waals surface area contributed by atoms with Gasteiger partial charge in [-0.05, 0) is 29.9 Å². The molecule has 5 nitrogen and oxygen atoms in total. The van der Waals surface area contributed by atoms with Crippen molar-refractivity contribution < 1.29 is 14.3 Å². The van der Waals surface area contributed by atoms with Crippen molar-refractivity contribution in [3.63, 3.8) is 0 Å². The topological polar surface area (TPSA) is 58.6 Å². The van der Waals surface area contributed by atoms with Gasteiger partial charge in [0.25, 0.3) is 0 Å². The van der Waals surface area contributed by atoms with Crippen LogP contribution in [0.1, 0.15) is 33.1 Å². The number of benzene rings is 1. The lowest BCUT2D eigenvalue weighted by Crippen LogP contribution is -2.55. The van der Waals surface area contributed by atoms with E-state index in [-0.39, 0.29) is 35.5 Å². The number of rotatable bonds is 6. The number of methoxy groups -OCH3 is 1. The fourth-order valence-corrected chi connectivity index (χ4v) is 4.92. The molecule has 2 aliphatic rings. The first-order valence-electron chi connectivity index (χ1n) is 8.98. The third-order valence-corrected chi connectivity index (χ3v) is 5.81. The van der Waals surface area contributed by atoms with Crippen molar-refractivity contribution in [3.05, 3.63) is 30.3 Å². The van der Waals surface area contributed by atoms with Gasteiger partial charge in [0.1, 0.15) is 0 Å². The van der Waals surface area contributed by atoms with Gasteiger partial charge >= 0.3 is 0 Å². The maximum atomic E-state index is 12.6. The van der Waals surface area contributed by atoms with Gasteiger partial charge in [0.2, 0.25) is 11.8 Å². The second-order valence-corrected chi connectivity index (χ2v) is 8.20. The van der Waals surface area contributed by atoms with Crippen LogP contribution in [0.5, 0.6) is 0 Å². The summed E-state index contributed by atoms with van der Waals surface area (Å²) in [4.78, 5) is 26.6. The van der Waals surface area contributed by atoms with Gasteiger partial charge in [-0.3, -0.25) is 9.59 Å². The molecule has 0 spiro atoms. The summed E-state index contributed by atoms with van der Waals surface area (Å²) in [7, 11) is 1.73. The van der Waals surface area contributed by atoms with Gasteiger partial charge in [-0.1, -0.05) is 32.0 Å². The molecule has 0 bridgehead atoms. The number of nitrogens with zero attached hydrogens (tertiary/aromatic N) is 1. The molecule has 3 rings (SSSR count). The molecule has 1 saturated heterocycles. The van der Waals surface area contributed by atoms with Crippen LogP contribution in [0.25, 0.3) is 0 Å². The number of nitrogens with one attached hydrogen (secondary N) is 1. The Bertz CT molecular complexity index is 644. The van der Waals surface area contributed by atoms with E-state index in [2.05, 4.69) is 19.2 Å². The zero-order valence-electron chi connectivity index (χ0n) is 15.4. The number of anilines is 1. The number of amides is 2. The first-order valence-corrected chi connectivity index (χ1v) is 8.98. The molecule has 0 aromatic heterocycles. The molecule has 1 heterocycles. The van der Waals surface area contributed by atoms with Crippen molar-refractivity contribution in [1.29, 1.82) is 0 Å². The molecule has 0 radical (unpaired) electrons. The van der Waals surface area contributed by atoms with E-state index >= 15 is 0 Å². The van der Waals surface area contributed by atoms with Crippen LogP contribution in [0.3, 0.4) is 0 Å². The molecular weight excluding hydrogens is 316 g/mol. The molecule has 1 N–H and O–H groups in total. The third kappa shape index (κ3) is 3.56. The Kier molecular flexibility index (Phi) is 4.87. The molecular formula is C20H28N2O3. The minimum absolute atomic E-state index is 0.0730. The average molecular weight is 344 g/mol. The fourth-order valence-electron chi connectivity index (χ4n) is 4.92. The standard InChI is InChI=1S/C20H28N2O3/c1-19(2)12-20(14-25-3)13-22(11-16(19)20)18(24)10-9-17(23)21-15-7-5-4-6-8-15/h4-8,16H,9-14H2,1-3H3,(H,21,23)/t16-,20-/m1/s1. The maximum absolute atomic E-state index is 12.6. The van der Waals surface area contributed by atoms with E-state index in [9.17, 15) is 9.59 Å². The predicted molar refractivity (Wildman–Crippen MR) is 97.1 cm³/mol. The monoisotopic (exact) mass is 344 g/mol. The van der Waals surface area contributed by atoms with Crippen LogP contribution in [-0.2, 0) is 14.3 Å². The van der Waals surface area contributed by atoms with Crippen LogP contribution in [0, 0.1) is 16.7 Å². The van der Waals surface area contributed by atoms with E-state index in [1.165, 1.54) is 0 Å². The summed E-state index contributed by atoms with van der Waals surface area (Å²) in [6.07, 6.45) is 1.57. The average Bonchev–Trinajstić information content (AvgIpc) is 2.89. The molecule has 1 aliphatic heterocycles. The molecule has 5 heteroatoms. The zero-order chi connectivity index (χ0) is 18.1. The Balaban J connectivity index is 1.51. The highest BCUT2D eigenvalue weighted by Gasteiger charge is 2.63. The van der Waals surface area contributed by atoms with Gasteiger partial charge in [-0.2, -0.15) is 0 Å². The molecule has 1 aromatic rings. The van der Waals surface area contributed by atoms with Crippen LogP contribution in [0.4, 0.5) is 5.69 Å². The van der Waals surface area contributed by atoms with Crippen LogP contribution in [-0.4, -0.2) is 43.5 Å². The Labute approximate surface area is 149 Å². The molecule has 1 aromatic carbocycles. The van der Waals surface area contributed by atoms with Crippen LogP contribution < -0.4 is 5.32 Å². The first kappa shape index (κ1) is 17.9. The van der Waals surface area contributed by atoms with Crippen molar-refractivity contribution >= 4 is 17.5 Å². The van der Waals surface area contributed by atoms with Crippen molar-refractivity contribution in [2.45, 2.75) is 33.1 Å². The Hall–Kier alpha value is -1.88. The molecule has 2 fully saturated rings. The zero-order valence-corrected chi connectivity index (χ0v) is 15.4. The number of fused-ring (bicyclic) bond motifs is 1. The largest absolute Gasteiger partial charge is 0.384 e. The van der Waals surface area contributed by atoms with Gasteiger partial charge < -0.3 is 15.0 Å². The normalized spacial score (nSPS) is 26.7. The summed E-state index contributed by atoms with van der Waals surface area (Å²) in [5.74, 6) is 0.444. The molecule has 25 heavy (non-hydrogen) atoms. The number of hydrogen-bond donors (Lipinski definition) is 1. The number of ether oxygens (including phenoxy) is 1. The quantitative estimate of drug-likeness (QED) is 0.863. The minimum atomic E-state index is -0.117. The van der Waals surface area contributed by atoms with Crippen molar-refractivity contribution in [3.8, 4) is 0 Å². The summed E-state index contributed by atoms with van der Waals surface area (Å²) >= 11 is 0. The van der Waals surface area contributed by atoms with Gasteiger partial charge in [-0.15, -0.1) is 0 Å². The molecule has 1 saturated carbocycles. The lowest BCUT2D eigenvalue weighted by atomic mass is 9.48. The lowest BCUT2D eigenvalue weighted by Gasteiger charge is -2.56. The van der Waals surface area contributed by atoms with E-state index < -0.39 is 0 Å². The second kappa shape index (κ2) is 6.79. The van der Waals surface area contributed by atoms with Gasteiger partial charge in [0.15, 0.2) is 0 Å². The Morgan fingerprint density at radius 3 is 2.60 bits per heavy atom. The first-order chi connectivity index (χ1) is 11.9. The van der Waals surface area contributed by atoms with Crippen molar-refractivity contribution in [2.75, 3.05) is 32.1 Å². The van der Waals surface area contributed by atoms with Crippen LogP contribution in [0.2, 0.25) is 0 Å². The van der Waals surface area contributed by atoms with E-state index in [4.69, 9.17) is 4.74 Å². The van der Waals surface area contributed by atoms with Gasteiger partial charge in [0.05, 0.1) is 6.61 Å². The van der Waals surface area contributed by atoms with Gasteiger partial charge in [0, 0.05) is 44.1 Å². The van der Waals surface area contributed by atoms with Gasteiger partial charge in [-0.25, -0.2) is 0 Å². The maximum Gasteiger partial charge on any atom is 0.224 e.